The van der Waals surface area contributed by atoms with Gasteiger partial charge in [-0.05, 0) is 50.7 Å². The molecule has 8 nitrogen and oxygen atoms in total. The molecule has 0 aliphatic carbocycles. The summed E-state index contributed by atoms with van der Waals surface area (Å²) < 4.78 is 0. The Morgan fingerprint density at radius 3 is 1.96 bits per heavy atom. The van der Waals surface area contributed by atoms with E-state index in [9.17, 15) is 5.11 Å². The van der Waals surface area contributed by atoms with Crippen LogP contribution in [0.15, 0.2) is 29.4 Å². The van der Waals surface area contributed by atoms with Crippen LogP contribution in [-0.4, -0.2) is 52.5 Å². The first-order chi connectivity index (χ1) is 13.8. The van der Waals surface area contributed by atoms with Crippen LogP contribution < -0.4 is 15.2 Å². The van der Waals surface area contributed by atoms with E-state index in [1.54, 1.807) is 24.4 Å². The van der Waals surface area contributed by atoms with Gasteiger partial charge in [-0.25, -0.2) is 5.43 Å². The number of hydrogen-bond donors (Lipinski definition) is 2. The molecule has 0 saturated carbocycles. The Morgan fingerprint density at radius 2 is 1.39 bits per heavy atom. The second-order valence-corrected chi connectivity index (χ2v) is 7.28. The lowest BCUT2D eigenvalue weighted by molar-refractivity contribution is 0.474. The molecular weight excluding hydrogens is 354 g/mol. The molecule has 0 bridgehead atoms. The van der Waals surface area contributed by atoms with Crippen LogP contribution in [0.4, 0.5) is 17.8 Å². The van der Waals surface area contributed by atoms with Crippen molar-refractivity contribution in [3.8, 4) is 5.75 Å². The number of benzene rings is 1. The molecule has 2 aromatic rings. The lowest BCUT2D eigenvalue weighted by atomic mass is 10.1. The van der Waals surface area contributed by atoms with E-state index in [2.05, 4.69) is 30.3 Å². The lowest BCUT2D eigenvalue weighted by Gasteiger charge is -2.30. The standard InChI is InChI=1S/C20H27N7O/c28-17-10-4-3-9-16(17)15-21-25-18-22-19(26-11-5-1-6-12-26)24-20(23-18)27-13-7-2-8-14-27/h3-4,9-10,15,28H,1-2,5-8,11-14H2,(H,22,23,24,25)/b21-15-. The zero-order valence-electron chi connectivity index (χ0n) is 16.1. The van der Waals surface area contributed by atoms with Crippen molar-refractivity contribution < 1.29 is 5.11 Å². The lowest BCUT2D eigenvalue weighted by Crippen LogP contribution is -2.34. The predicted octanol–water partition coefficient (Wildman–Crippen LogP) is 3.00. The highest BCUT2D eigenvalue weighted by Gasteiger charge is 2.20. The summed E-state index contributed by atoms with van der Waals surface area (Å²) >= 11 is 0. The fraction of sp³-hybridized carbons (Fsp3) is 0.500. The van der Waals surface area contributed by atoms with Gasteiger partial charge < -0.3 is 14.9 Å². The third kappa shape index (κ3) is 4.49. The summed E-state index contributed by atoms with van der Waals surface area (Å²) in [5, 5.41) is 14.1. The minimum Gasteiger partial charge on any atom is -0.507 e. The van der Waals surface area contributed by atoms with Crippen molar-refractivity contribution in [3.63, 3.8) is 0 Å². The number of rotatable bonds is 5. The van der Waals surface area contributed by atoms with Crippen LogP contribution in [0.25, 0.3) is 0 Å². The van der Waals surface area contributed by atoms with Crippen molar-refractivity contribution in [2.24, 2.45) is 5.10 Å². The average Bonchev–Trinajstić information content (AvgIpc) is 2.76. The Kier molecular flexibility index (Phi) is 5.84. The van der Waals surface area contributed by atoms with Crippen molar-refractivity contribution in [1.82, 2.24) is 15.0 Å². The Morgan fingerprint density at radius 1 is 0.821 bits per heavy atom. The first kappa shape index (κ1) is 18.5. The summed E-state index contributed by atoms with van der Waals surface area (Å²) in [5.41, 5.74) is 3.56. The fourth-order valence-corrected chi connectivity index (χ4v) is 3.63. The summed E-state index contributed by atoms with van der Waals surface area (Å²) in [4.78, 5) is 18.4. The van der Waals surface area contributed by atoms with E-state index in [4.69, 9.17) is 4.98 Å². The van der Waals surface area contributed by atoms with E-state index >= 15 is 0 Å². The average molecular weight is 381 g/mol. The van der Waals surface area contributed by atoms with Gasteiger partial charge in [-0.2, -0.15) is 20.1 Å². The maximum atomic E-state index is 9.86. The molecule has 2 aliphatic rings. The molecular formula is C20H27N7O. The number of hydrazone groups is 1. The highest BCUT2D eigenvalue weighted by molar-refractivity contribution is 5.83. The quantitative estimate of drug-likeness (QED) is 0.608. The summed E-state index contributed by atoms with van der Waals surface area (Å²) in [6.07, 6.45) is 8.75. The number of piperidine rings is 2. The smallest absolute Gasteiger partial charge is 0.250 e. The second kappa shape index (κ2) is 8.86. The van der Waals surface area contributed by atoms with Crippen molar-refractivity contribution in [2.45, 2.75) is 38.5 Å². The van der Waals surface area contributed by atoms with Crippen LogP contribution in [0.3, 0.4) is 0 Å². The molecule has 28 heavy (non-hydrogen) atoms. The Bertz CT molecular complexity index is 778. The van der Waals surface area contributed by atoms with Crippen LogP contribution in [0.5, 0.6) is 5.75 Å². The number of phenols is 1. The molecule has 2 aliphatic heterocycles. The van der Waals surface area contributed by atoms with E-state index in [1.165, 1.54) is 38.5 Å². The van der Waals surface area contributed by atoms with Gasteiger partial charge in [-0.1, -0.05) is 12.1 Å². The largest absolute Gasteiger partial charge is 0.507 e. The van der Waals surface area contributed by atoms with Crippen molar-refractivity contribution >= 4 is 24.1 Å². The van der Waals surface area contributed by atoms with E-state index in [0.29, 0.717) is 11.5 Å². The van der Waals surface area contributed by atoms with Gasteiger partial charge in [0.2, 0.25) is 17.8 Å². The monoisotopic (exact) mass is 381 g/mol. The van der Waals surface area contributed by atoms with Gasteiger partial charge >= 0.3 is 0 Å². The maximum Gasteiger partial charge on any atom is 0.250 e. The van der Waals surface area contributed by atoms with E-state index < -0.39 is 0 Å². The van der Waals surface area contributed by atoms with Gasteiger partial charge in [0.1, 0.15) is 5.75 Å². The molecule has 2 saturated heterocycles. The number of phenolic OH excluding ortho intramolecular Hbond substituents is 1. The third-order valence-corrected chi connectivity index (χ3v) is 5.19. The molecule has 1 aromatic carbocycles. The van der Waals surface area contributed by atoms with Crippen LogP contribution in [0.1, 0.15) is 44.1 Å². The van der Waals surface area contributed by atoms with Gasteiger partial charge in [-0.3, -0.25) is 0 Å². The summed E-state index contributed by atoms with van der Waals surface area (Å²) in [7, 11) is 0. The molecule has 0 radical (unpaired) electrons. The molecule has 1 aromatic heterocycles. The molecule has 148 valence electrons. The number of aromatic nitrogens is 3. The van der Waals surface area contributed by atoms with E-state index in [0.717, 1.165) is 38.1 Å². The Balaban J connectivity index is 1.56. The molecule has 0 spiro atoms. The molecule has 0 amide bonds. The molecule has 2 N–H and O–H groups in total. The zero-order valence-corrected chi connectivity index (χ0v) is 16.1. The van der Waals surface area contributed by atoms with Crippen molar-refractivity contribution in [3.05, 3.63) is 29.8 Å². The van der Waals surface area contributed by atoms with Crippen molar-refractivity contribution in [1.29, 1.82) is 0 Å². The van der Waals surface area contributed by atoms with E-state index in [-0.39, 0.29) is 5.75 Å². The normalized spacial score (nSPS) is 17.9. The molecule has 0 atom stereocenters. The zero-order chi connectivity index (χ0) is 19.2. The molecule has 2 fully saturated rings. The number of hydrogen-bond acceptors (Lipinski definition) is 8. The van der Waals surface area contributed by atoms with Gasteiger partial charge in [-0.15, -0.1) is 0 Å². The molecule has 0 unspecified atom stereocenters. The number of nitrogens with one attached hydrogen (secondary N) is 1. The highest BCUT2D eigenvalue weighted by Crippen LogP contribution is 2.22. The number of aromatic hydroxyl groups is 1. The topological polar surface area (TPSA) is 89.8 Å². The number of nitrogens with zero attached hydrogens (tertiary/aromatic N) is 6. The summed E-state index contributed by atoms with van der Waals surface area (Å²) in [6.45, 7) is 3.90. The Labute approximate surface area is 165 Å². The Hall–Kier alpha value is -2.90. The van der Waals surface area contributed by atoms with Crippen LogP contribution >= 0.6 is 0 Å². The minimum atomic E-state index is 0.187. The van der Waals surface area contributed by atoms with Crippen LogP contribution in [-0.2, 0) is 0 Å². The number of para-hydroxylation sites is 1. The first-order valence-electron chi connectivity index (χ1n) is 10.1. The summed E-state index contributed by atoms with van der Waals surface area (Å²) in [6, 6.07) is 7.06. The van der Waals surface area contributed by atoms with Crippen molar-refractivity contribution in [2.75, 3.05) is 41.4 Å². The molecule has 4 rings (SSSR count). The summed E-state index contributed by atoms with van der Waals surface area (Å²) in [5.74, 6) is 2.06. The molecule has 8 heteroatoms. The SMILES string of the molecule is Oc1ccccc1/C=N\Nc1nc(N2CCCCC2)nc(N2CCCCC2)n1. The van der Waals surface area contributed by atoms with Gasteiger partial charge in [0.25, 0.3) is 0 Å². The fourth-order valence-electron chi connectivity index (χ4n) is 3.63. The van der Waals surface area contributed by atoms with Crippen LogP contribution in [0, 0.1) is 0 Å². The van der Waals surface area contributed by atoms with Gasteiger partial charge in [0, 0.05) is 31.7 Å². The maximum absolute atomic E-state index is 9.86. The second-order valence-electron chi connectivity index (χ2n) is 7.28. The highest BCUT2D eigenvalue weighted by atomic mass is 16.3. The predicted molar refractivity (Wildman–Crippen MR) is 111 cm³/mol. The third-order valence-electron chi connectivity index (χ3n) is 5.19. The van der Waals surface area contributed by atoms with Crippen LogP contribution in [0.2, 0.25) is 0 Å². The minimum absolute atomic E-state index is 0.187. The van der Waals surface area contributed by atoms with Gasteiger partial charge in [0.05, 0.1) is 6.21 Å². The molecule has 3 heterocycles. The number of anilines is 3. The first-order valence-corrected chi connectivity index (χ1v) is 10.1. The van der Waals surface area contributed by atoms with Gasteiger partial charge in [0.15, 0.2) is 0 Å². The van der Waals surface area contributed by atoms with E-state index in [1.807, 2.05) is 6.07 Å².